The smallest absolute Gasteiger partial charge is 0.287 e. The average molecular weight is 618 g/mol. The van der Waals surface area contributed by atoms with Gasteiger partial charge in [-0.1, -0.05) is 23.4 Å². The van der Waals surface area contributed by atoms with Gasteiger partial charge in [0.15, 0.2) is 0 Å². The lowest BCUT2D eigenvalue weighted by Gasteiger charge is -2.10. The van der Waals surface area contributed by atoms with Crippen molar-refractivity contribution in [3.8, 4) is 40.4 Å². The van der Waals surface area contributed by atoms with Gasteiger partial charge >= 0.3 is 0 Å². The van der Waals surface area contributed by atoms with Crippen molar-refractivity contribution in [3.05, 3.63) is 136 Å². The molecule has 0 aliphatic heterocycles. The van der Waals surface area contributed by atoms with Crippen LogP contribution in [0.2, 0.25) is 5.15 Å². The quantitative estimate of drug-likeness (QED) is 0.0775. The number of nitrogens with zero attached hydrogens (tertiary/aromatic N) is 5. The van der Waals surface area contributed by atoms with Crippen LogP contribution >= 0.6 is 11.6 Å². The number of hydrogen-bond acceptors (Lipinski definition) is 7. The highest BCUT2D eigenvalue weighted by atomic mass is 35.5. The van der Waals surface area contributed by atoms with Crippen molar-refractivity contribution < 1.29 is 14.4 Å². The van der Waals surface area contributed by atoms with Gasteiger partial charge in [-0.3, -0.25) is 14.7 Å². The molecular formula is C35H28ClN5O4. The highest BCUT2D eigenvalue weighted by molar-refractivity contribution is 6.30. The fourth-order valence-corrected chi connectivity index (χ4v) is 4.57. The topological polar surface area (TPSA) is 105 Å². The molecule has 0 radical (unpaired) electrons. The zero-order valence-corrected chi connectivity index (χ0v) is 25.3. The molecule has 6 rings (SSSR count). The van der Waals surface area contributed by atoms with E-state index in [1.165, 1.54) is 12.3 Å². The lowest BCUT2D eigenvalue weighted by atomic mass is 10.1. The van der Waals surface area contributed by atoms with Crippen molar-refractivity contribution in [1.29, 1.82) is 0 Å². The summed E-state index contributed by atoms with van der Waals surface area (Å²) in [6, 6.07) is 28.0. The Morgan fingerprint density at radius 1 is 0.822 bits per heavy atom. The second kappa shape index (κ2) is 14.6. The van der Waals surface area contributed by atoms with E-state index in [-0.39, 0.29) is 5.69 Å². The van der Waals surface area contributed by atoms with E-state index in [4.69, 9.17) is 21.1 Å². The highest BCUT2D eigenvalue weighted by Crippen LogP contribution is 2.31. The fourth-order valence-electron chi connectivity index (χ4n) is 4.41. The molecule has 10 heteroatoms. The van der Waals surface area contributed by atoms with Crippen molar-refractivity contribution in [2.24, 2.45) is 0 Å². The van der Waals surface area contributed by atoms with Crippen LogP contribution in [0.1, 0.15) is 25.0 Å². The maximum Gasteiger partial charge on any atom is 0.287 e. The molecule has 0 aliphatic rings. The summed E-state index contributed by atoms with van der Waals surface area (Å²) in [5.74, 6) is 8.26. The van der Waals surface area contributed by atoms with Crippen LogP contribution in [0.4, 0.5) is 5.69 Å². The van der Waals surface area contributed by atoms with Gasteiger partial charge in [0.05, 0.1) is 29.4 Å². The number of nitro groups is 1. The third kappa shape index (κ3) is 7.63. The lowest BCUT2D eigenvalue weighted by molar-refractivity contribution is -0.385. The Kier molecular flexibility index (Phi) is 10.00. The number of pyridine rings is 3. The van der Waals surface area contributed by atoms with Crippen LogP contribution < -0.4 is 9.47 Å². The van der Waals surface area contributed by atoms with Crippen molar-refractivity contribution in [1.82, 2.24) is 19.5 Å². The molecule has 0 fully saturated rings. The number of ether oxygens (including phenoxy) is 2. The fraction of sp³-hybridized carbons (Fsp3) is 0.114. The van der Waals surface area contributed by atoms with Gasteiger partial charge in [-0.05, 0) is 104 Å². The van der Waals surface area contributed by atoms with Crippen LogP contribution in [-0.4, -0.2) is 37.7 Å². The number of rotatable bonds is 7. The Hall–Kier alpha value is -5.72. The predicted molar refractivity (Wildman–Crippen MR) is 175 cm³/mol. The summed E-state index contributed by atoms with van der Waals surface area (Å²) >= 11 is 5.92. The van der Waals surface area contributed by atoms with Gasteiger partial charge in [0.25, 0.3) is 5.69 Å². The molecule has 0 spiro atoms. The van der Waals surface area contributed by atoms with Gasteiger partial charge in [0.1, 0.15) is 34.3 Å². The molecule has 0 N–H and O–H groups in total. The molecule has 4 aromatic heterocycles. The molecule has 0 atom stereocenters. The Morgan fingerprint density at radius 2 is 1.49 bits per heavy atom. The van der Waals surface area contributed by atoms with E-state index in [0.717, 1.165) is 44.9 Å². The van der Waals surface area contributed by atoms with Crippen LogP contribution in [0.5, 0.6) is 11.5 Å². The van der Waals surface area contributed by atoms with Gasteiger partial charge in [-0.25, -0.2) is 15.0 Å². The summed E-state index contributed by atoms with van der Waals surface area (Å²) in [4.78, 5) is 23.2. The SMILES string of the molecule is CCOc1ccc(-c2cc3cccnc3n2-c2ccc([N+](=O)[O-])cn2)cc1.CCOc1ccc(C#Cc2cccnc2Cl)cc1. The number of benzene rings is 2. The number of aromatic nitrogens is 4. The average Bonchev–Trinajstić information content (AvgIpc) is 3.46. The molecule has 0 aliphatic carbocycles. The van der Waals surface area contributed by atoms with E-state index in [1.807, 2.05) is 97.3 Å². The van der Waals surface area contributed by atoms with Crippen molar-refractivity contribution in [3.63, 3.8) is 0 Å². The minimum absolute atomic E-state index is 0.0502. The minimum atomic E-state index is -0.462. The first-order chi connectivity index (χ1) is 22.0. The largest absolute Gasteiger partial charge is 0.494 e. The molecule has 4 heterocycles. The molecule has 224 valence electrons. The van der Waals surface area contributed by atoms with Gasteiger partial charge in [0.2, 0.25) is 0 Å². The van der Waals surface area contributed by atoms with Crippen molar-refractivity contribution >= 4 is 28.3 Å². The highest BCUT2D eigenvalue weighted by Gasteiger charge is 2.15. The van der Waals surface area contributed by atoms with E-state index in [0.29, 0.717) is 24.2 Å². The Bertz CT molecular complexity index is 1960. The molecule has 0 saturated heterocycles. The lowest BCUT2D eigenvalue weighted by Crippen LogP contribution is -2.01. The van der Waals surface area contributed by atoms with Crippen molar-refractivity contribution in [2.75, 3.05) is 13.2 Å². The molecule has 0 unspecified atom stereocenters. The standard InChI is InChI=1S/C20H16N4O3.C15H12ClNO/c1-2-27-17-8-5-14(6-9-17)18-12-15-4-3-11-21-20(15)23(18)19-10-7-16(13-22-19)24(25)26;1-2-18-14-9-6-12(7-10-14)5-8-13-4-3-11-17-15(13)16/h3-13H,2H2,1H3;3-4,6-7,9-11H,2H2,1H3. The third-order valence-electron chi connectivity index (χ3n) is 6.46. The van der Waals surface area contributed by atoms with Crippen molar-refractivity contribution in [2.45, 2.75) is 13.8 Å². The van der Waals surface area contributed by atoms with Crippen LogP contribution in [0.3, 0.4) is 0 Å². The number of fused-ring (bicyclic) bond motifs is 1. The second-order valence-electron chi connectivity index (χ2n) is 9.42. The molecule has 45 heavy (non-hydrogen) atoms. The van der Waals surface area contributed by atoms with E-state index >= 15 is 0 Å². The molecule has 0 saturated carbocycles. The molecule has 6 aromatic rings. The monoisotopic (exact) mass is 617 g/mol. The van der Waals surface area contributed by atoms with E-state index < -0.39 is 4.92 Å². The normalized spacial score (nSPS) is 10.3. The summed E-state index contributed by atoms with van der Waals surface area (Å²) in [5.41, 5.74) is 4.20. The minimum Gasteiger partial charge on any atom is -0.494 e. The Morgan fingerprint density at radius 3 is 2.11 bits per heavy atom. The molecular weight excluding hydrogens is 590 g/mol. The first-order valence-electron chi connectivity index (χ1n) is 14.1. The van der Waals surface area contributed by atoms with E-state index in [2.05, 4.69) is 26.8 Å². The summed E-state index contributed by atoms with van der Waals surface area (Å²) in [7, 11) is 0. The first-order valence-corrected chi connectivity index (χ1v) is 14.5. The van der Waals surface area contributed by atoms with Crippen LogP contribution in [0, 0.1) is 22.0 Å². The van der Waals surface area contributed by atoms with E-state index in [9.17, 15) is 10.1 Å². The first kappa shape index (κ1) is 30.7. The summed E-state index contributed by atoms with van der Waals surface area (Å²) < 4.78 is 12.8. The summed E-state index contributed by atoms with van der Waals surface area (Å²) in [5, 5.41) is 12.3. The van der Waals surface area contributed by atoms with Crippen LogP contribution in [0.15, 0.2) is 110 Å². The predicted octanol–water partition coefficient (Wildman–Crippen LogP) is 7.93. The van der Waals surface area contributed by atoms with Gasteiger partial charge in [-0.2, -0.15) is 0 Å². The zero-order chi connectivity index (χ0) is 31.6. The number of halogens is 1. The molecule has 9 nitrogen and oxygen atoms in total. The zero-order valence-electron chi connectivity index (χ0n) is 24.6. The van der Waals surface area contributed by atoms with Crippen LogP contribution in [0.25, 0.3) is 28.1 Å². The van der Waals surface area contributed by atoms with Gasteiger partial charge in [-0.15, -0.1) is 0 Å². The molecule has 0 amide bonds. The van der Waals surface area contributed by atoms with Gasteiger partial charge < -0.3 is 9.47 Å². The van der Waals surface area contributed by atoms with Gasteiger partial charge in [0, 0.05) is 29.4 Å². The summed E-state index contributed by atoms with van der Waals surface area (Å²) in [6.45, 7) is 5.17. The third-order valence-corrected chi connectivity index (χ3v) is 6.76. The van der Waals surface area contributed by atoms with E-state index in [1.54, 1.807) is 18.5 Å². The molecule has 2 aromatic carbocycles. The maximum absolute atomic E-state index is 10.9. The maximum atomic E-state index is 10.9. The Balaban J connectivity index is 0.000000194. The summed E-state index contributed by atoms with van der Waals surface area (Å²) in [6.07, 6.45) is 4.61. The number of hydrogen-bond donors (Lipinski definition) is 0. The van der Waals surface area contributed by atoms with Crippen LogP contribution in [-0.2, 0) is 0 Å². The second-order valence-corrected chi connectivity index (χ2v) is 9.78. The Labute approximate surface area is 265 Å². The molecule has 0 bridgehead atoms.